The summed E-state index contributed by atoms with van der Waals surface area (Å²) < 4.78 is 7.49. The van der Waals surface area contributed by atoms with Crippen LogP contribution < -0.4 is 0 Å². The predicted octanol–water partition coefficient (Wildman–Crippen LogP) is 4.83. The molecule has 9 heteroatoms. The summed E-state index contributed by atoms with van der Waals surface area (Å²) in [6.45, 7) is 1.85. The summed E-state index contributed by atoms with van der Waals surface area (Å²) in [5.41, 5.74) is 2.49. The number of hydrazone groups is 1. The Morgan fingerprint density at radius 1 is 1.16 bits per heavy atom. The van der Waals surface area contributed by atoms with Crippen LogP contribution in [0.2, 0.25) is 5.02 Å². The molecule has 1 aliphatic heterocycles. The van der Waals surface area contributed by atoms with E-state index in [1.165, 1.54) is 16.8 Å². The Bertz CT molecular complexity index is 1250. The van der Waals surface area contributed by atoms with Gasteiger partial charge in [-0.05, 0) is 48.9 Å². The second-order valence-electron chi connectivity index (χ2n) is 7.14. The van der Waals surface area contributed by atoms with Gasteiger partial charge in [-0.2, -0.15) is 5.10 Å². The largest absolute Gasteiger partial charge is 0.467 e. The first-order chi connectivity index (χ1) is 15.1. The van der Waals surface area contributed by atoms with E-state index in [4.69, 9.17) is 16.0 Å². The Kier molecular flexibility index (Phi) is 5.25. The molecule has 0 unspecified atom stereocenters. The van der Waals surface area contributed by atoms with E-state index in [-0.39, 0.29) is 11.9 Å². The highest BCUT2D eigenvalue weighted by atomic mass is 35.5. The van der Waals surface area contributed by atoms with Crippen molar-refractivity contribution in [1.29, 1.82) is 0 Å². The topological polar surface area (TPSA) is 76.0 Å². The van der Waals surface area contributed by atoms with Gasteiger partial charge in [0.15, 0.2) is 10.8 Å². The van der Waals surface area contributed by atoms with Gasteiger partial charge in [-0.15, -0.1) is 10.2 Å². The molecule has 0 radical (unpaired) electrons. The number of hydrogen-bond donors (Lipinski definition) is 0. The highest BCUT2D eigenvalue weighted by Crippen LogP contribution is 2.35. The minimum absolute atomic E-state index is 0.122. The number of benzene rings is 1. The molecule has 7 nitrogen and oxygen atoms in total. The Hall–Kier alpha value is -3.10. The molecule has 1 aliphatic rings. The summed E-state index contributed by atoms with van der Waals surface area (Å²) in [5, 5.41) is 15.5. The average molecular weight is 452 g/mol. The molecule has 156 valence electrons. The summed E-state index contributed by atoms with van der Waals surface area (Å²) in [6.07, 6.45) is 4.05. The van der Waals surface area contributed by atoms with Crippen molar-refractivity contribution in [2.75, 3.05) is 0 Å². The van der Waals surface area contributed by atoms with Crippen molar-refractivity contribution in [3.63, 3.8) is 0 Å². The van der Waals surface area contributed by atoms with Gasteiger partial charge in [-0.1, -0.05) is 41.6 Å². The van der Waals surface area contributed by atoms with E-state index in [9.17, 15) is 4.79 Å². The van der Waals surface area contributed by atoms with Crippen molar-refractivity contribution in [3.05, 3.63) is 83.4 Å². The highest BCUT2D eigenvalue weighted by molar-refractivity contribution is 8.00. The number of nitrogens with zero attached hydrogens (tertiary/aromatic N) is 5. The molecule has 5 rings (SSSR count). The maximum absolute atomic E-state index is 13.4. The highest BCUT2D eigenvalue weighted by Gasteiger charge is 2.37. The second kappa shape index (κ2) is 8.20. The van der Waals surface area contributed by atoms with Gasteiger partial charge in [0.05, 0.1) is 17.2 Å². The van der Waals surface area contributed by atoms with Crippen molar-refractivity contribution in [3.8, 4) is 0 Å². The van der Waals surface area contributed by atoms with Crippen LogP contribution in [0.25, 0.3) is 5.65 Å². The number of rotatable bonds is 5. The monoisotopic (exact) mass is 451 g/mol. The Balaban J connectivity index is 1.43. The first-order valence-electron chi connectivity index (χ1n) is 9.76. The third-order valence-electron chi connectivity index (χ3n) is 5.10. The zero-order valence-corrected chi connectivity index (χ0v) is 18.1. The summed E-state index contributed by atoms with van der Waals surface area (Å²) >= 11 is 7.38. The molecule has 0 fully saturated rings. The number of hydrogen-bond acceptors (Lipinski definition) is 6. The maximum atomic E-state index is 13.4. The average Bonchev–Trinajstić information content (AvgIpc) is 3.53. The van der Waals surface area contributed by atoms with E-state index < -0.39 is 5.25 Å². The van der Waals surface area contributed by atoms with Crippen LogP contribution in [0.3, 0.4) is 0 Å². The van der Waals surface area contributed by atoms with E-state index in [1.807, 2.05) is 72.1 Å². The van der Waals surface area contributed by atoms with Gasteiger partial charge in [-0.25, -0.2) is 5.01 Å². The van der Waals surface area contributed by atoms with Crippen molar-refractivity contribution < 1.29 is 9.21 Å². The van der Waals surface area contributed by atoms with E-state index in [0.29, 0.717) is 22.4 Å². The number of amides is 1. The van der Waals surface area contributed by atoms with Crippen LogP contribution in [0.5, 0.6) is 0 Å². The Labute approximate surface area is 187 Å². The smallest absolute Gasteiger partial charge is 0.256 e. The van der Waals surface area contributed by atoms with Gasteiger partial charge in [0.1, 0.15) is 11.8 Å². The fourth-order valence-corrected chi connectivity index (χ4v) is 4.53. The van der Waals surface area contributed by atoms with Crippen molar-refractivity contribution in [2.24, 2.45) is 5.10 Å². The predicted molar refractivity (Wildman–Crippen MR) is 119 cm³/mol. The molecule has 2 atom stereocenters. The number of aromatic nitrogens is 3. The number of carbonyl (C=O) groups excluding carboxylic acids is 1. The van der Waals surface area contributed by atoms with Crippen LogP contribution in [0.4, 0.5) is 0 Å². The number of carbonyl (C=O) groups is 1. The standard InChI is InChI=1S/C22H18ClN5O2S/c1-14(31-22-25-24-20-6-2-3-11-27(20)22)21(29)28-18(19-5-4-12-30-19)13-17(26-28)15-7-9-16(23)10-8-15/h2-12,14,18H,13H2,1H3/t14-,18+/m1/s1. The molecule has 31 heavy (non-hydrogen) atoms. The fraction of sp³-hybridized carbons (Fsp3) is 0.182. The van der Waals surface area contributed by atoms with Gasteiger partial charge in [-0.3, -0.25) is 9.20 Å². The normalized spacial score (nSPS) is 17.2. The number of fused-ring (bicyclic) bond motifs is 1. The molecule has 4 heterocycles. The molecule has 0 aliphatic carbocycles. The molecular formula is C22H18ClN5O2S. The summed E-state index contributed by atoms with van der Waals surface area (Å²) in [5.74, 6) is 0.578. The molecule has 0 saturated carbocycles. The molecule has 1 aromatic carbocycles. The van der Waals surface area contributed by atoms with Crippen molar-refractivity contribution >= 4 is 40.6 Å². The van der Waals surface area contributed by atoms with Crippen LogP contribution in [0.1, 0.15) is 30.7 Å². The molecule has 3 aromatic heterocycles. The summed E-state index contributed by atoms with van der Waals surface area (Å²) in [6, 6.07) is 16.5. The first-order valence-corrected chi connectivity index (χ1v) is 11.0. The fourth-order valence-electron chi connectivity index (χ4n) is 3.53. The summed E-state index contributed by atoms with van der Waals surface area (Å²) in [4.78, 5) is 13.4. The molecule has 1 amide bonds. The van der Waals surface area contributed by atoms with Gasteiger partial charge in [0, 0.05) is 17.6 Å². The lowest BCUT2D eigenvalue weighted by Crippen LogP contribution is -2.33. The van der Waals surface area contributed by atoms with Gasteiger partial charge < -0.3 is 4.42 Å². The van der Waals surface area contributed by atoms with Crippen LogP contribution in [0.15, 0.2) is 81.7 Å². The maximum Gasteiger partial charge on any atom is 0.256 e. The summed E-state index contributed by atoms with van der Waals surface area (Å²) in [7, 11) is 0. The van der Waals surface area contributed by atoms with Crippen LogP contribution in [-0.4, -0.2) is 36.5 Å². The van der Waals surface area contributed by atoms with Crippen LogP contribution in [0, 0.1) is 0 Å². The minimum atomic E-state index is -0.418. The van der Waals surface area contributed by atoms with Gasteiger partial charge in [0.2, 0.25) is 0 Å². The van der Waals surface area contributed by atoms with Crippen molar-refractivity contribution in [1.82, 2.24) is 19.6 Å². The van der Waals surface area contributed by atoms with E-state index in [0.717, 1.165) is 16.9 Å². The molecule has 4 aromatic rings. The Morgan fingerprint density at radius 2 is 2.00 bits per heavy atom. The Morgan fingerprint density at radius 3 is 2.77 bits per heavy atom. The molecular weight excluding hydrogens is 434 g/mol. The molecule has 0 bridgehead atoms. The van der Waals surface area contributed by atoms with Gasteiger partial charge in [0.25, 0.3) is 5.91 Å². The lowest BCUT2D eigenvalue weighted by Gasteiger charge is -2.22. The quantitative estimate of drug-likeness (QED) is 0.406. The number of halogens is 1. The van der Waals surface area contributed by atoms with E-state index in [1.54, 1.807) is 6.26 Å². The lowest BCUT2D eigenvalue weighted by molar-refractivity contribution is -0.132. The SMILES string of the molecule is C[C@@H](Sc1nnc2ccccn12)C(=O)N1N=C(c2ccc(Cl)cc2)C[C@H]1c1ccco1. The molecule has 0 spiro atoms. The van der Waals surface area contributed by atoms with Crippen molar-refractivity contribution in [2.45, 2.75) is 29.8 Å². The third-order valence-corrected chi connectivity index (χ3v) is 6.39. The first kappa shape index (κ1) is 19.8. The van der Waals surface area contributed by atoms with Crippen LogP contribution >= 0.6 is 23.4 Å². The third kappa shape index (κ3) is 3.84. The van der Waals surface area contributed by atoms with Gasteiger partial charge >= 0.3 is 0 Å². The second-order valence-corrected chi connectivity index (χ2v) is 8.89. The van der Waals surface area contributed by atoms with E-state index >= 15 is 0 Å². The molecule has 0 saturated heterocycles. The van der Waals surface area contributed by atoms with Crippen LogP contribution in [-0.2, 0) is 4.79 Å². The number of pyridine rings is 1. The minimum Gasteiger partial charge on any atom is -0.467 e. The van der Waals surface area contributed by atoms with E-state index in [2.05, 4.69) is 15.3 Å². The number of furan rings is 1. The number of thioether (sulfide) groups is 1. The molecule has 0 N–H and O–H groups in total. The zero-order chi connectivity index (χ0) is 21.4. The zero-order valence-electron chi connectivity index (χ0n) is 16.6. The lowest BCUT2D eigenvalue weighted by atomic mass is 10.0.